The molecule has 0 saturated heterocycles. The van der Waals surface area contributed by atoms with Crippen molar-refractivity contribution in [1.29, 1.82) is 0 Å². The molecular formula is C15H19BrN2O3. The molecule has 1 aromatic rings. The Morgan fingerprint density at radius 2 is 2.05 bits per heavy atom. The number of rotatable bonds is 3. The van der Waals surface area contributed by atoms with Crippen LogP contribution in [0.5, 0.6) is 5.75 Å². The zero-order valence-electron chi connectivity index (χ0n) is 11.8. The molecular weight excluding hydrogens is 336 g/mol. The quantitative estimate of drug-likeness (QED) is 0.661. The first-order chi connectivity index (χ1) is 10.0. The molecule has 2 saturated carbocycles. The summed E-state index contributed by atoms with van der Waals surface area (Å²) in [4.78, 5) is 10.8. The number of ether oxygens (including phenoxy) is 1. The van der Waals surface area contributed by atoms with Crippen LogP contribution in [0.4, 0.5) is 5.69 Å². The molecule has 5 nitrogen and oxygen atoms in total. The monoisotopic (exact) mass is 354 g/mol. The number of nitro benzene ring substituents is 1. The lowest BCUT2D eigenvalue weighted by molar-refractivity contribution is -0.386. The van der Waals surface area contributed by atoms with E-state index in [9.17, 15) is 10.1 Å². The molecule has 1 spiro atoms. The van der Waals surface area contributed by atoms with Crippen LogP contribution in [-0.4, -0.2) is 17.1 Å². The van der Waals surface area contributed by atoms with Crippen molar-refractivity contribution in [3.8, 4) is 5.75 Å². The van der Waals surface area contributed by atoms with Crippen molar-refractivity contribution in [2.24, 2.45) is 11.1 Å². The summed E-state index contributed by atoms with van der Waals surface area (Å²) in [7, 11) is 0. The van der Waals surface area contributed by atoms with Gasteiger partial charge < -0.3 is 10.5 Å². The number of halogens is 1. The third kappa shape index (κ3) is 2.55. The van der Waals surface area contributed by atoms with Gasteiger partial charge >= 0.3 is 5.69 Å². The summed E-state index contributed by atoms with van der Waals surface area (Å²) in [6, 6.07) is 5.09. The minimum absolute atomic E-state index is 0.00711. The Morgan fingerprint density at radius 3 is 2.67 bits per heavy atom. The van der Waals surface area contributed by atoms with Gasteiger partial charge in [-0.05, 0) is 25.0 Å². The van der Waals surface area contributed by atoms with Gasteiger partial charge in [0.2, 0.25) is 0 Å². The molecule has 2 N–H and O–H groups in total. The minimum atomic E-state index is -0.397. The Hall–Kier alpha value is -1.14. The molecule has 0 aliphatic heterocycles. The maximum absolute atomic E-state index is 11.2. The molecule has 2 aliphatic rings. The largest absolute Gasteiger partial charge is 0.483 e. The maximum Gasteiger partial charge on any atom is 0.312 e. The molecule has 0 radical (unpaired) electrons. The van der Waals surface area contributed by atoms with E-state index in [1.165, 1.54) is 25.3 Å². The van der Waals surface area contributed by atoms with Crippen molar-refractivity contribution >= 4 is 21.6 Å². The zero-order chi connectivity index (χ0) is 15.0. The molecule has 21 heavy (non-hydrogen) atoms. The van der Waals surface area contributed by atoms with E-state index in [4.69, 9.17) is 10.5 Å². The number of nitrogens with two attached hydrogens (primary N) is 1. The van der Waals surface area contributed by atoms with Crippen LogP contribution in [-0.2, 0) is 0 Å². The molecule has 114 valence electrons. The Kier molecular flexibility index (Phi) is 3.92. The van der Waals surface area contributed by atoms with Crippen LogP contribution in [0.15, 0.2) is 22.7 Å². The zero-order valence-corrected chi connectivity index (χ0v) is 13.3. The van der Waals surface area contributed by atoms with Gasteiger partial charge in [-0.25, -0.2) is 0 Å². The van der Waals surface area contributed by atoms with Crippen molar-refractivity contribution < 1.29 is 9.66 Å². The van der Waals surface area contributed by atoms with Crippen LogP contribution < -0.4 is 10.5 Å². The smallest absolute Gasteiger partial charge is 0.312 e. The van der Waals surface area contributed by atoms with E-state index in [1.807, 2.05) is 0 Å². The van der Waals surface area contributed by atoms with E-state index in [0.29, 0.717) is 10.2 Å². The van der Waals surface area contributed by atoms with Gasteiger partial charge in [-0.2, -0.15) is 0 Å². The van der Waals surface area contributed by atoms with Crippen LogP contribution in [0.2, 0.25) is 0 Å². The summed E-state index contributed by atoms with van der Waals surface area (Å²) in [6.45, 7) is 0. The molecule has 0 amide bonds. The fourth-order valence-electron chi connectivity index (χ4n) is 3.73. The van der Waals surface area contributed by atoms with E-state index in [-0.39, 0.29) is 23.2 Å². The molecule has 2 fully saturated rings. The molecule has 0 bridgehead atoms. The van der Waals surface area contributed by atoms with Gasteiger partial charge in [0, 0.05) is 28.4 Å². The van der Waals surface area contributed by atoms with Gasteiger partial charge in [0.15, 0.2) is 5.75 Å². The average molecular weight is 355 g/mol. The normalized spacial score (nSPS) is 27.1. The minimum Gasteiger partial charge on any atom is -0.483 e. The van der Waals surface area contributed by atoms with E-state index in [0.717, 1.165) is 19.3 Å². The van der Waals surface area contributed by atoms with Gasteiger partial charge in [0.25, 0.3) is 0 Å². The highest BCUT2D eigenvalue weighted by Gasteiger charge is 2.55. The van der Waals surface area contributed by atoms with Crippen molar-refractivity contribution in [2.75, 3.05) is 0 Å². The van der Waals surface area contributed by atoms with Gasteiger partial charge in [-0.1, -0.05) is 35.2 Å². The van der Waals surface area contributed by atoms with Crippen LogP contribution in [0.3, 0.4) is 0 Å². The molecule has 1 aromatic carbocycles. The first kappa shape index (κ1) is 14.8. The summed E-state index contributed by atoms with van der Waals surface area (Å²) in [5.74, 6) is 0.352. The predicted octanol–water partition coefficient (Wildman–Crippen LogP) is 3.79. The Bertz CT molecular complexity index is 558. The van der Waals surface area contributed by atoms with Gasteiger partial charge in [-0.15, -0.1) is 0 Å². The second-order valence-corrected chi connectivity index (χ2v) is 7.03. The van der Waals surface area contributed by atoms with Crippen molar-refractivity contribution in [1.82, 2.24) is 0 Å². The summed E-state index contributed by atoms with van der Waals surface area (Å²) < 4.78 is 6.70. The number of nitrogens with zero attached hydrogens (tertiary/aromatic N) is 1. The summed E-state index contributed by atoms with van der Waals surface area (Å²) in [6.07, 6.45) is 6.54. The predicted molar refractivity (Wildman–Crippen MR) is 83.3 cm³/mol. The van der Waals surface area contributed by atoms with E-state index in [2.05, 4.69) is 15.9 Å². The van der Waals surface area contributed by atoms with Crippen LogP contribution in [0.1, 0.15) is 38.5 Å². The molecule has 2 unspecified atom stereocenters. The fourth-order valence-corrected chi connectivity index (χ4v) is 4.08. The topological polar surface area (TPSA) is 78.4 Å². The lowest BCUT2D eigenvalue weighted by atomic mass is 9.55. The van der Waals surface area contributed by atoms with Gasteiger partial charge in [-0.3, -0.25) is 10.1 Å². The number of nitro groups is 1. The first-order valence-electron chi connectivity index (χ1n) is 7.39. The van der Waals surface area contributed by atoms with Crippen molar-refractivity contribution in [3.05, 3.63) is 32.8 Å². The maximum atomic E-state index is 11.2. The summed E-state index contributed by atoms with van der Waals surface area (Å²) in [5.41, 5.74) is 6.27. The van der Waals surface area contributed by atoms with Crippen LogP contribution >= 0.6 is 15.9 Å². The fraction of sp³-hybridized carbons (Fsp3) is 0.600. The number of hydrogen-bond acceptors (Lipinski definition) is 4. The molecule has 3 rings (SSSR count). The Balaban J connectivity index is 1.82. The summed E-state index contributed by atoms with van der Waals surface area (Å²) in [5, 5.41) is 11.2. The van der Waals surface area contributed by atoms with E-state index < -0.39 is 4.92 Å². The SMILES string of the molecule is NC1CC(Oc2ccc(Br)cc2[N+](=O)[O-])C12CCCCC2. The second-order valence-electron chi connectivity index (χ2n) is 6.11. The second kappa shape index (κ2) is 5.57. The van der Waals surface area contributed by atoms with E-state index in [1.54, 1.807) is 12.1 Å². The Morgan fingerprint density at radius 1 is 1.33 bits per heavy atom. The van der Waals surface area contributed by atoms with Gasteiger partial charge in [0.1, 0.15) is 6.10 Å². The molecule has 2 aliphatic carbocycles. The third-order valence-corrected chi connectivity index (χ3v) is 5.51. The first-order valence-corrected chi connectivity index (χ1v) is 8.18. The van der Waals surface area contributed by atoms with Crippen molar-refractivity contribution in [2.45, 2.75) is 50.7 Å². The lowest BCUT2D eigenvalue weighted by Crippen LogP contribution is -2.64. The lowest BCUT2D eigenvalue weighted by Gasteiger charge is -2.55. The van der Waals surface area contributed by atoms with Gasteiger partial charge in [0.05, 0.1) is 4.92 Å². The highest BCUT2D eigenvalue weighted by molar-refractivity contribution is 9.10. The van der Waals surface area contributed by atoms with Crippen LogP contribution in [0.25, 0.3) is 0 Å². The molecule has 0 heterocycles. The molecule has 0 aromatic heterocycles. The summed E-state index contributed by atoms with van der Waals surface area (Å²) >= 11 is 3.26. The molecule has 2 atom stereocenters. The standard InChI is InChI=1S/C15H19BrN2O3/c16-10-4-5-12(11(8-10)18(19)20)21-14-9-13(17)15(14)6-2-1-3-7-15/h4-5,8,13-14H,1-3,6-7,9,17H2. The third-order valence-electron chi connectivity index (χ3n) is 5.02. The Labute approximate surface area is 132 Å². The van der Waals surface area contributed by atoms with E-state index >= 15 is 0 Å². The van der Waals surface area contributed by atoms with Crippen molar-refractivity contribution in [3.63, 3.8) is 0 Å². The molecule has 6 heteroatoms. The number of hydrogen-bond donors (Lipinski definition) is 1. The number of benzene rings is 1. The highest BCUT2D eigenvalue weighted by Crippen LogP contribution is 2.53. The van der Waals surface area contributed by atoms with Crippen LogP contribution in [0, 0.1) is 15.5 Å². The highest BCUT2D eigenvalue weighted by atomic mass is 79.9. The average Bonchev–Trinajstić information content (AvgIpc) is 2.49.